The average molecular weight is 286 g/mol. The van der Waals surface area contributed by atoms with E-state index in [-0.39, 0.29) is 0 Å². The molecular formula is C15H18N4O2. The molecule has 1 fully saturated rings. The molecule has 0 aliphatic carbocycles. The van der Waals surface area contributed by atoms with Crippen molar-refractivity contribution in [1.29, 1.82) is 0 Å². The summed E-state index contributed by atoms with van der Waals surface area (Å²) in [5.41, 5.74) is 0. The average Bonchev–Trinajstić information content (AvgIpc) is 3.01. The van der Waals surface area contributed by atoms with Gasteiger partial charge in [0.05, 0.1) is 7.11 Å². The lowest BCUT2D eigenvalue weighted by Crippen LogP contribution is -2.22. The van der Waals surface area contributed by atoms with Crippen molar-refractivity contribution in [2.75, 3.05) is 25.5 Å². The van der Waals surface area contributed by atoms with E-state index in [4.69, 9.17) is 9.47 Å². The first kappa shape index (κ1) is 13.6. The van der Waals surface area contributed by atoms with Crippen LogP contribution in [0.15, 0.2) is 36.5 Å². The number of anilines is 1. The first-order valence-electron chi connectivity index (χ1n) is 6.96. The topological polar surface area (TPSA) is 68.3 Å². The zero-order chi connectivity index (χ0) is 14.5. The number of benzene rings is 1. The van der Waals surface area contributed by atoms with Crippen LogP contribution in [0.4, 0.5) is 5.82 Å². The molecule has 1 aliphatic rings. The van der Waals surface area contributed by atoms with Gasteiger partial charge in [0.25, 0.3) is 0 Å². The number of methoxy groups -OCH3 is 1. The fourth-order valence-electron chi connectivity index (χ4n) is 2.26. The van der Waals surface area contributed by atoms with E-state index < -0.39 is 0 Å². The summed E-state index contributed by atoms with van der Waals surface area (Å²) in [5.74, 6) is 2.02. The lowest BCUT2D eigenvalue weighted by molar-refractivity contribution is 0.368. The van der Waals surface area contributed by atoms with E-state index in [9.17, 15) is 0 Å². The van der Waals surface area contributed by atoms with Crippen LogP contribution in [0.3, 0.4) is 0 Å². The highest BCUT2D eigenvalue weighted by atomic mass is 16.5. The smallest absolute Gasteiger partial charge is 0.324 e. The largest absolute Gasteiger partial charge is 0.493 e. The summed E-state index contributed by atoms with van der Waals surface area (Å²) in [5, 5.41) is 6.68. The van der Waals surface area contributed by atoms with Gasteiger partial charge in [-0.1, -0.05) is 12.1 Å². The van der Waals surface area contributed by atoms with E-state index in [0.717, 1.165) is 25.3 Å². The number of nitrogens with zero attached hydrogens (tertiary/aromatic N) is 2. The molecule has 1 atom stereocenters. The van der Waals surface area contributed by atoms with Gasteiger partial charge in [0, 0.05) is 18.8 Å². The molecule has 1 aromatic heterocycles. The van der Waals surface area contributed by atoms with Crippen molar-refractivity contribution in [2.24, 2.45) is 0 Å². The summed E-state index contributed by atoms with van der Waals surface area (Å²) in [7, 11) is 1.61. The molecule has 6 nitrogen and oxygen atoms in total. The van der Waals surface area contributed by atoms with Crippen LogP contribution in [0.1, 0.15) is 6.42 Å². The first-order chi connectivity index (χ1) is 10.3. The summed E-state index contributed by atoms with van der Waals surface area (Å²) in [4.78, 5) is 8.52. The van der Waals surface area contributed by atoms with Crippen LogP contribution in [-0.2, 0) is 0 Å². The number of rotatable bonds is 5. The summed E-state index contributed by atoms with van der Waals surface area (Å²) >= 11 is 0. The van der Waals surface area contributed by atoms with E-state index in [0.29, 0.717) is 23.6 Å². The number of para-hydroxylation sites is 2. The Morgan fingerprint density at radius 3 is 2.86 bits per heavy atom. The van der Waals surface area contributed by atoms with E-state index in [2.05, 4.69) is 20.6 Å². The highest BCUT2D eigenvalue weighted by molar-refractivity contribution is 5.42. The molecule has 0 radical (unpaired) electrons. The second-order valence-corrected chi connectivity index (χ2v) is 4.81. The first-order valence-corrected chi connectivity index (χ1v) is 6.96. The maximum absolute atomic E-state index is 5.70. The van der Waals surface area contributed by atoms with Crippen LogP contribution >= 0.6 is 0 Å². The maximum Gasteiger partial charge on any atom is 0.324 e. The highest BCUT2D eigenvalue weighted by Crippen LogP contribution is 2.29. The molecule has 0 bridgehead atoms. The van der Waals surface area contributed by atoms with Crippen LogP contribution in [0.25, 0.3) is 0 Å². The van der Waals surface area contributed by atoms with Gasteiger partial charge in [0.2, 0.25) is 0 Å². The predicted octanol–water partition coefficient (Wildman–Crippen LogP) is 2.05. The molecular weight excluding hydrogens is 268 g/mol. The van der Waals surface area contributed by atoms with Crippen molar-refractivity contribution in [3.05, 3.63) is 36.5 Å². The van der Waals surface area contributed by atoms with Crippen molar-refractivity contribution in [1.82, 2.24) is 15.3 Å². The molecule has 2 heterocycles. The van der Waals surface area contributed by atoms with Gasteiger partial charge in [-0.25, -0.2) is 4.98 Å². The number of nitrogens with one attached hydrogen (secondary N) is 2. The summed E-state index contributed by atoms with van der Waals surface area (Å²) in [6.07, 6.45) is 2.77. The van der Waals surface area contributed by atoms with Gasteiger partial charge in [0.1, 0.15) is 5.82 Å². The van der Waals surface area contributed by atoms with Crippen molar-refractivity contribution in [3.63, 3.8) is 0 Å². The highest BCUT2D eigenvalue weighted by Gasteiger charge is 2.15. The van der Waals surface area contributed by atoms with Crippen LogP contribution in [-0.4, -0.2) is 36.2 Å². The minimum Gasteiger partial charge on any atom is -0.493 e. The van der Waals surface area contributed by atoms with E-state index in [1.54, 1.807) is 13.3 Å². The van der Waals surface area contributed by atoms with E-state index in [1.165, 1.54) is 0 Å². The second-order valence-electron chi connectivity index (χ2n) is 4.81. The van der Waals surface area contributed by atoms with E-state index in [1.807, 2.05) is 30.3 Å². The molecule has 1 aliphatic heterocycles. The standard InChI is InChI=1S/C15H18N4O2/c1-20-12-4-2-3-5-13(12)21-15-17-9-7-14(19-15)18-11-6-8-16-10-11/h2-5,7,9,11,16H,6,8,10H2,1H3,(H,17,18,19). The maximum atomic E-state index is 5.70. The quantitative estimate of drug-likeness (QED) is 0.877. The molecule has 2 N–H and O–H groups in total. The molecule has 6 heteroatoms. The van der Waals surface area contributed by atoms with Gasteiger partial charge in [-0.3, -0.25) is 0 Å². The summed E-state index contributed by atoms with van der Waals surface area (Å²) in [6.45, 7) is 1.99. The zero-order valence-corrected chi connectivity index (χ0v) is 11.9. The Hall–Kier alpha value is -2.34. The predicted molar refractivity (Wildman–Crippen MR) is 80.0 cm³/mol. The monoisotopic (exact) mass is 286 g/mol. The van der Waals surface area contributed by atoms with Crippen molar-refractivity contribution < 1.29 is 9.47 Å². The van der Waals surface area contributed by atoms with Gasteiger partial charge in [-0.05, 0) is 31.2 Å². The van der Waals surface area contributed by atoms with Crippen LogP contribution in [0, 0.1) is 0 Å². The normalized spacial score (nSPS) is 17.5. The summed E-state index contributed by atoms with van der Waals surface area (Å²) in [6, 6.07) is 9.97. The van der Waals surface area contributed by atoms with Crippen molar-refractivity contribution >= 4 is 5.82 Å². The molecule has 0 saturated carbocycles. The lowest BCUT2D eigenvalue weighted by Gasteiger charge is -2.13. The Morgan fingerprint density at radius 1 is 1.24 bits per heavy atom. The Kier molecular flexibility index (Phi) is 4.16. The number of ether oxygens (including phenoxy) is 2. The number of hydrogen-bond donors (Lipinski definition) is 2. The molecule has 1 unspecified atom stereocenters. The van der Waals surface area contributed by atoms with Crippen LogP contribution < -0.4 is 20.1 Å². The second kappa shape index (κ2) is 6.41. The SMILES string of the molecule is COc1ccccc1Oc1nccc(NC2CCNC2)n1. The zero-order valence-electron chi connectivity index (χ0n) is 11.9. The molecule has 1 saturated heterocycles. The third kappa shape index (κ3) is 3.41. The van der Waals surface area contributed by atoms with Gasteiger partial charge in [0.15, 0.2) is 11.5 Å². The molecule has 110 valence electrons. The molecule has 0 amide bonds. The Balaban J connectivity index is 1.73. The van der Waals surface area contributed by atoms with Gasteiger partial charge >= 0.3 is 6.01 Å². The molecule has 1 aromatic carbocycles. The number of hydrogen-bond acceptors (Lipinski definition) is 6. The van der Waals surface area contributed by atoms with Gasteiger partial charge in [-0.15, -0.1) is 0 Å². The van der Waals surface area contributed by atoms with Crippen LogP contribution in [0.5, 0.6) is 17.5 Å². The molecule has 21 heavy (non-hydrogen) atoms. The molecule has 3 rings (SSSR count). The number of aromatic nitrogens is 2. The Bertz CT molecular complexity index is 600. The third-order valence-corrected chi connectivity index (χ3v) is 3.32. The van der Waals surface area contributed by atoms with Crippen molar-refractivity contribution in [3.8, 4) is 17.5 Å². The molecule has 2 aromatic rings. The van der Waals surface area contributed by atoms with Gasteiger partial charge in [-0.2, -0.15) is 4.98 Å². The van der Waals surface area contributed by atoms with Crippen molar-refractivity contribution in [2.45, 2.75) is 12.5 Å². The van der Waals surface area contributed by atoms with E-state index >= 15 is 0 Å². The fraction of sp³-hybridized carbons (Fsp3) is 0.333. The minimum atomic E-state index is 0.301. The van der Waals surface area contributed by atoms with Gasteiger partial charge < -0.3 is 20.1 Å². The van der Waals surface area contributed by atoms with Crippen LogP contribution in [0.2, 0.25) is 0 Å². The fourth-order valence-corrected chi connectivity index (χ4v) is 2.26. The molecule has 0 spiro atoms. The lowest BCUT2D eigenvalue weighted by atomic mass is 10.2. The third-order valence-electron chi connectivity index (χ3n) is 3.32. The summed E-state index contributed by atoms with van der Waals surface area (Å²) < 4.78 is 11.0. The minimum absolute atomic E-state index is 0.301. The Morgan fingerprint density at radius 2 is 2.10 bits per heavy atom. The Labute approximate surface area is 123 Å².